The molecule has 0 saturated heterocycles. The molecule has 178 valence electrons. The molecule has 2 aromatic carbocycles. The second kappa shape index (κ2) is 10.5. The second-order valence-electron chi connectivity index (χ2n) is 9.05. The molecule has 0 heterocycles. The topological polar surface area (TPSA) is 105 Å². The van der Waals surface area contributed by atoms with E-state index in [0.29, 0.717) is 6.42 Å². The summed E-state index contributed by atoms with van der Waals surface area (Å²) in [6.07, 6.45) is 3.80. The minimum absolute atomic E-state index is 0.0115. The zero-order chi connectivity index (χ0) is 24.1. The Hall–Kier alpha value is -3.61. The van der Waals surface area contributed by atoms with Crippen LogP contribution >= 0.6 is 0 Å². The smallest absolute Gasteiger partial charge is 0.407 e. The Kier molecular flexibility index (Phi) is 7.30. The average Bonchev–Trinajstić information content (AvgIpc) is 3.39. The summed E-state index contributed by atoms with van der Waals surface area (Å²) in [6, 6.07) is 16.4. The Labute approximate surface area is 199 Å². The van der Waals surface area contributed by atoms with E-state index in [1.165, 1.54) is 35.3 Å². The number of hydrogen-bond acceptors (Lipinski definition) is 4. The van der Waals surface area contributed by atoms with Gasteiger partial charge in [-0.25, -0.2) is 9.59 Å². The van der Waals surface area contributed by atoms with E-state index in [2.05, 4.69) is 34.9 Å². The molecule has 0 aromatic heterocycles. The third-order valence-corrected chi connectivity index (χ3v) is 6.73. The van der Waals surface area contributed by atoms with Crippen LogP contribution in [-0.2, 0) is 14.3 Å². The molecule has 1 fully saturated rings. The maximum Gasteiger partial charge on any atom is 0.407 e. The third-order valence-electron chi connectivity index (χ3n) is 6.73. The number of carboxylic acid groups (broad SMARTS) is 1. The van der Waals surface area contributed by atoms with Gasteiger partial charge in [0.2, 0.25) is 5.91 Å². The minimum Gasteiger partial charge on any atom is -0.478 e. The van der Waals surface area contributed by atoms with Gasteiger partial charge >= 0.3 is 12.1 Å². The number of amides is 2. The van der Waals surface area contributed by atoms with Crippen molar-refractivity contribution >= 4 is 18.0 Å². The van der Waals surface area contributed by atoms with E-state index >= 15 is 0 Å². The number of benzene rings is 2. The first kappa shape index (κ1) is 23.5. The molecule has 2 aliphatic carbocycles. The zero-order valence-electron chi connectivity index (χ0n) is 19.3. The van der Waals surface area contributed by atoms with Gasteiger partial charge in [0.25, 0.3) is 0 Å². The van der Waals surface area contributed by atoms with Crippen LogP contribution in [0.25, 0.3) is 11.1 Å². The van der Waals surface area contributed by atoms with Gasteiger partial charge in [-0.3, -0.25) is 4.79 Å². The van der Waals surface area contributed by atoms with Gasteiger partial charge in [-0.05, 0) is 54.4 Å². The number of aliphatic carboxylic acids is 1. The van der Waals surface area contributed by atoms with Crippen molar-refractivity contribution in [3.8, 4) is 11.1 Å². The lowest BCUT2D eigenvalue weighted by Gasteiger charge is -2.17. The Balaban J connectivity index is 1.22. The number of alkyl carbamates (subject to hydrolysis) is 1. The molecule has 2 amide bonds. The molecule has 0 radical (unpaired) electrons. The largest absolute Gasteiger partial charge is 0.478 e. The Morgan fingerprint density at radius 3 is 2.32 bits per heavy atom. The predicted molar refractivity (Wildman–Crippen MR) is 128 cm³/mol. The van der Waals surface area contributed by atoms with Crippen molar-refractivity contribution in [3.63, 3.8) is 0 Å². The zero-order valence-corrected chi connectivity index (χ0v) is 19.3. The van der Waals surface area contributed by atoms with Crippen molar-refractivity contribution in [2.45, 2.75) is 44.6 Å². The lowest BCUT2D eigenvalue weighted by molar-refractivity contribution is -0.132. The number of fused-ring (bicyclic) bond motifs is 3. The highest BCUT2D eigenvalue weighted by molar-refractivity contribution is 5.86. The molecule has 4 rings (SSSR count). The van der Waals surface area contributed by atoms with Gasteiger partial charge in [-0.1, -0.05) is 54.6 Å². The lowest BCUT2D eigenvalue weighted by atomic mass is 9.98. The molecule has 3 N–H and O–H groups in total. The normalized spacial score (nSPS) is 19.3. The first-order chi connectivity index (χ1) is 16.4. The van der Waals surface area contributed by atoms with E-state index in [0.717, 1.165) is 19.3 Å². The number of nitrogens with one attached hydrogen (secondary N) is 2. The monoisotopic (exact) mass is 462 g/mol. The molecular formula is C27H30N2O5. The van der Waals surface area contributed by atoms with Gasteiger partial charge in [-0.15, -0.1) is 0 Å². The van der Waals surface area contributed by atoms with Gasteiger partial charge in [0.05, 0.1) is 0 Å². The molecule has 2 aromatic rings. The van der Waals surface area contributed by atoms with Crippen LogP contribution in [-0.4, -0.2) is 42.3 Å². The molecule has 1 saturated carbocycles. The molecule has 2 aliphatic rings. The number of carbonyl (C=O) groups excluding carboxylic acids is 2. The SMILES string of the molecule is C/C(=C\CNC(=O)C[C@H]1CC[C@@H](NC(=O)OCC2c3ccccc3-c3ccccc32)C1)C(=O)O. The molecule has 7 heteroatoms. The maximum absolute atomic E-state index is 12.5. The average molecular weight is 463 g/mol. The summed E-state index contributed by atoms with van der Waals surface area (Å²) in [5.41, 5.74) is 4.94. The van der Waals surface area contributed by atoms with Crippen LogP contribution in [0.5, 0.6) is 0 Å². The summed E-state index contributed by atoms with van der Waals surface area (Å²) in [7, 11) is 0. The van der Waals surface area contributed by atoms with Gasteiger partial charge in [0.15, 0.2) is 0 Å². The predicted octanol–water partition coefficient (Wildman–Crippen LogP) is 4.23. The summed E-state index contributed by atoms with van der Waals surface area (Å²) in [4.78, 5) is 35.4. The lowest BCUT2D eigenvalue weighted by Crippen LogP contribution is -2.34. The van der Waals surface area contributed by atoms with Crippen molar-refractivity contribution in [3.05, 3.63) is 71.3 Å². The molecule has 34 heavy (non-hydrogen) atoms. The number of ether oxygens (including phenoxy) is 1. The summed E-state index contributed by atoms with van der Waals surface area (Å²) < 4.78 is 5.63. The van der Waals surface area contributed by atoms with E-state index in [9.17, 15) is 14.4 Å². The van der Waals surface area contributed by atoms with Crippen molar-refractivity contribution in [1.29, 1.82) is 0 Å². The first-order valence-corrected chi connectivity index (χ1v) is 11.7. The molecule has 7 nitrogen and oxygen atoms in total. The Morgan fingerprint density at radius 2 is 1.68 bits per heavy atom. The summed E-state index contributed by atoms with van der Waals surface area (Å²) in [6.45, 7) is 1.97. The molecular weight excluding hydrogens is 432 g/mol. The highest BCUT2D eigenvalue weighted by Crippen LogP contribution is 2.44. The quantitative estimate of drug-likeness (QED) is 0.509. The number of hydrogen-bond donors (Lipinski definition) is 3. The third kappa shape index (κ3) is 5.47. The fourth-order valence-electron chi connectivity index (χ4n) is 4.94. The van der Waals surface area contributed by atoms with Gasteiger partial charge in [0, 0.05) is 30.5 Å². The Morgan fingerprint density at radius 1 is 1.03 bits per heavy atom. The van der Waals surface area contributed by atoms with Crippen LogP contribution in [0.15, 0.2) is 60.2 Å². The fraction of sp³-hybridized carbons (Fsp3) is 0.370. The minimum atomic E-state index is -0.993. The van der Waals surface area contributed by atoms with E-state index in [-0.39, 0.29) is 42.5 Å². The standard InChI is InChI=1S/C27H30N2O5/c1-17(26(31)32)12-13-28-25(30)15-18-10-11-19(14-18)29-27(33)34-16-24-22-8-4-2-6-20(22)21-7-3-5-9-23(21)24/h2-9,12,18-19,24H,10-11,13-16H2,1H3,(H,28,30)(H,29,33)(H,31,32)/b17-12+/t18-,19+/m0/s1. The second-order valence-corrected chi connectivity index (χ2v) is 9.05. The molecule has 0 aliphatic heterocycles. The van der Waals surface area contributed by atoms with Crippen molar-refractivity contribution in [2.75, 3.05) is 13.2 Å². The number of carboxylic acids is 1. The van der Waals surface area contributed by atoms with E-state index in [1.54, 1.807) is 0 Å². The molecule has 2 atom stereocenters. The first-order valence-electron chi connectivity index (χ1n) is 11.7. The van der Waals surface area contributed by atoms with Gasteiger partial charge < -0.3 is 20.5 Å². The molecule has 0 bridgehead atoms. The molecule has 0 spiro atoms. The highest BCUT2D eigenvalue weighted by atomic mass is 16.5. The van der Waals surface area contributed by atoms with E-state index < -0.39 is 12.1 Å². The van der Waals surface area contributed by atoms with Crippen LogP contribution in [0.1, 0.15) is 49.7 Å². The van der Waals surface area contributed by atoms with Crippen LogP contribution in [0.2, 0.25) is 0 Å². The maximum atomic E-state index is 12.5. The van der Waals surface area contributed by atoms with Crippen molar-refractivity contribution < 1.29 is 24.2 Å². The number of carbonyl (C=O) groups is 3. The van der Waals surface area contributed by atoms with Gasteiger partial charge in [0.1, 0.15) is 6.61 Å². The highest BCUT2D eigenvalue weighted by Gasteiger charge is 2.31. The van der Waals surface area contributed by atoms with E-state index in [4.69, 9.17) is 9.84 Å². The summed E-state index contributed by atoms with van der Waals surface area (Å²) in [5.74, 6) is -0.895. The summed E-state index contributed by atoms with van der Waals surface area (Å²) >= 11 is 0. The fourth-order valence-corrected chi connectivity index (χ4v) is 4.94. The van der Waals surface area contributed by atoms with Crippen LogP contribution in [0, 0.1) is 5.92 Å². The van der Waals surface area contributed by atoms with Crippen LogP contribution in [0.4, 0.5) is 4.79 Å². The number of rotatable bonds is 8. The van der Waals surface area contributed by atoms with Crippen molar-refractivity contribution in [2.24, 2.45) is 5.92 Å². The van der Waals surface area contributed by atoms with Crippen LogP contribution < -0.4 is 10.6 Å². The van der Waals surface area contributed by atoms with Gasteiger partial charge in [-0.2, -0.15) is 0 Å². The van der Waals surface area contributed by atoms with Crippen LogP contribution in [0.3, 0.4) is 0 Å². The van der Waals surface area contributed by atoms with Crippen molar-refractivity contribution in [1.82, 2.24) is 10.6 Å². The summed E-state index contributed by atoms with van der Waals surface area (Å²) in [5, 5.41) is 14.5. The Bertz CT molecular complexity index is 1060. The molecule has 0 unspecified atom stereocenters. The van der Waals surface area contributed by atoms with E-state index in [1.807, 2.05) is 24.3 Å².